The Morgan fingerprint density at radius 2 is 1.81 bits per heavy atom. The third kappa shape index (κ3) is 2.04. The van der Waals surface area contributed by atoms with Gasteiger partial charge in [0.25, 0.3) is 0 Å². The zero-order chi connectivity index (χ0) is 12.5. The molecule has 7 nitrogen and oxygen atoms in total. The first-order valence-electron chi connectivity index (χ1n) is 4.18. The van der Waals surface area contributed by atoms with Crippen LogP contribution in [-0.2, 0) is 4.79 Å². The summed E-state index contributed by atoms with van der Waals surface area (Å²) < 4.78 is 0. The fourth-order valence-corrected chi connectivity index (χ4v) is 1.19. The topological polar surface area (TPSA) is 147 Å². The molecule has 0 radical (unpaired) electrons. The second-order valence-electron chi connectivity index (χ2n) is 3.12. The number of phenolic OH excluding ortho intramolecular Hbond substituents is 1. The van der Waals surface area contributed by atoms with Crippen molar-refractivity contribution in [3.05, 3.63) is 23.3 Å². The molecular formula is C9H10N2O5. The van der Waals surface area contributed by atoms with Gasteiger partial charge in [-0.25, -0.2) is 4.79 Å². The quantitative estimate of drug-likeness (QED) is 0.352. The Kier molecular flexibility index (Phi) is 3.00. The number of rotatable bonds is 3. The Balaban J connectivity index is 3.31. The van der Waals surface area contributed by atoms with E-state index in [9.17, 15) is 14.7 Å². The fraction of sp³-hybridized carbons (Fsp3) is 0.111. The number of nitrogen functional groups attached to an aromatic ring is 1. The number of aromatic hydroxyl groups is 1. The standard InChI is InChI=1S/C9H10N2O5/c10-5-1-4(7(11)9(15)16)6(12)2-3(5)8(13)14/h1-2,7,12H,10-11H2,(H,13,14)(H,15,16)/t7-/m0/s1. The van der Waals surface area contributed by atoms with Crippen molar-refractivity contribution in [2.24, 2.45) is 5.73 Å². The van der Waals surface area contributed by atoms with Crippen LogP contribution in [0.3, 0.4) is 0 Å². The fourth-order valence-electron chi connectivity index (χ4n) is 1.19. The first-order chi connectivity index (χ1) is 7.34. The maximum absolute atomic E-state index is 10.7. The zero-order valence-electron chi connectivity index (χ0n) is 8.04. The van der Waals surface area contributed by atoms with Crippen molar-refractivity contribution < 1.29 is 24.9 Å². The van der Waals surface area contributed by atoms with E-state index in [0.717, 1.165) is 12.1 Å². The highest BCUT2D eigenvalue weighted by Gasteiger charge is 2.21. The molecule has 7 heteroatoms. The van der Waals surface area contributed by atoms with Crippen LogP contribution in [0.1, 0.15) is 22.0 Å². The number of carboxylic acid groups (broad SMARTS) is 2. The Labute approximate surface area is 89.9 Å². The molecule has 0 bridgehead atoms. The van der Waals surface area contributed by atoms with E-state index in [0.29, 0.717) is 0 Å². The largest absolute Gasteiger partial charge is 0.508 e. The number of aliphatic carboxylic acids is 1. The summed E-state index contributed by atoms with van der Waals surface area (Å²) in [7, 11) is 0. The van der Waals surface area contributed by atoms with Gasteiger partial charge >= 0.3 is 11.9 Å². The van der Waals surface area contributed by atoms with Crippen molar-refractivity contribution in [1.29, 1.82) is 0 Å². The van der Waals surface area contributed by atoms with Gasteiger partial charge in [-0.1, -0.05) is 0 Å². The van der Waals surface area contributed by atoms with Gasteiger partial charge in [0.2, 0.25) is 0 Å². The number of hydrogen-bond donors (Lipinski definition) is 5. The van der Waals surface area contributed by atoms with Crippen molar-refractivity contribution in [1.82, 2.24) is 0 Å². The number of aromatic carboxylic acids is 1. The van der Waals surface area contributed by atoms with E-state index >= 15 is 0 Å². The molecule has 0 saturated heterocycles. The minimum atomic E-state index is -1.45. The molecule has 1 aromatic carbocycles. The lowest BCUT2D eigenvalue weighted by Gasteiger charge is -2.11. The molecule has 1 rings (SSSR count). The predicted molar refractivity (Wildman–Crippen MR) is 54.0 cm³/mol. The van der Waals surface area contributed by atoms with Gasteiger partial charge in [-0.15, -0.1) is 0 Å². The normalized spacial score (nSPS) is 12.1. The highest BCUT2D eigenvalue weighted by Crippen LogP contribution is 2.28. The lowest BCUT2D eigenvalue weighted by Crippen LogP contribution is -2.21. The smallest absolute Gasteiger partial charge is 0.337 e. The van der Waals surface area contributed by atoms with Gasteiger partial charge in [-0.05, 0) is 12.1 Å². The third-order valence-corrected chi connectivity index (χ3v) is 2.03. The molecule has 16 heavy (non-hydrogen) atoms. The first kappa shape index (κ1) is 11.8. The Hall–Kier alpha value is -2.28. The first-order valence-corrected chi connectivity index (χ1v) is 4.18. The molecule has 0 unspecified atom stereocenters. The molecule has 0 aliphatic rings. The number of nitrogens with two attached hydrogens (primary N) is 2. The van der Waals surface area contributed by atoms with Gasteiger partial charge in [0.05, 0.1) is 5.56 Å². The SMILES string of the molecule is Nc1cc([C@H](N)C(=O)O)c(O)cc1C(=O)O. The van der Waals surface area contributed by atoms with E-state index in [1.807, 2.05) is 0 Å². The Bertz CT molecular complexity index is 457. The van der Waals surface area contributed by atoms with E-state index < -0.39 is 23.7 Å². The minimum absolute atomic E-state index is 0.130. The number of carbonyl (C=O) groups is 2. The maximum atomic E-state index is 10.7. The molecule has 0 spiro atoms. The van der Waals surface area contributed by atoms with E-state index in [1.54, 1.807) is 0 Å². The van der Waals surface area contributed by atoms with Crippen LogP contribution in [0.15, 0.2) is 12.1 Å². The average Bonchev–Trinajstić information content (AvgIpc) is 2.19. The van der Waals surface area contributed by atoms with Crippen LogP contribution in [0.5, 0.6) is 5.75 Å². The number of carboxylic acids is 2. The van der Waals surface area contributed by atoms with Crippen LogP contribution in [0, 0.1) is 0 Å². The lowest BCUT2D eigenvalue weighted by molar-refractivity contribution is -0.138. The number of phenols is 1. The molecule has 0 fully saturated rings. The summed E-state index contributed by atoms with van der Waals surface area (Å²) in [4.78, 5) is 21.2. The summed E-state index contributed by atoms with van der Waals surface area (Å²) in [6.07, 6.45) is 0. The number of anilines is 1. The molecule has 7 N–H and O–H groups in total. The van der Waals surface area contributed by atoms with Gasteiger partial charge < -0.3 is 26.8 Å². The van der Waals surface area contributed by atoms with E-state index in [2.05, 4.69) is 0 Å². The van der Waals surface area contributed by atoms with E-state index in [4.69, 9.17) is 21.7 Å². The summed E-state index contributed by atoms with van der Waals surface area (Å²) >= 11 is 0. The highest BCUT2D eigenvalue weighted by molar-refractivity contribution is 5.94. The third-order valence-electron chi connectivity index (χ3n) is 2.03. The van der Waals surface area contributed by atoms with Crippen molar-refractivity contribution in [3.63, 3.8) is 0 Å². The van der Waals surface area contributed by atoms with Crippen molar-refractivity contribution in [2.75, 3.05) is 5.73 Å². The van der Waals surface area contributed by atoms with Crippen LogP contribution in [0.25, 0.3) is 0 Å². The van der Waals surface area contributed by atoms with Crippen LogP contribution in [0.4, 0.5) is 5.69 Å². The molecular weight excluding hydrogens is 216 g/mol. The van der Waals surface area contributed by atoms with Crippen molar-refractivity contribution in [2.45, 2.75) is 6.04 Å². The molecule has 0 aliphatic carbocycles. The minimum Gasteiger partial charge on any atom is -0.508 e. The molecule has 1 aromatic rings. The van der Waals surface area contributed by atoms with Gasteiger partial charge in [0, 0.05) is 11.3 Å². The average molecular weight is 226 g/mol. The Morgan fingerprint density at radius 3 is 2.25 bits per heavy atom. The number of benzene rings is 1. The molecule has 1 atom stereocenters. The summed E-state index contributed by atoms with van der Waals surface area (Å²) in [5.41, 5.74) is 10.1. The monoisotopic (exact) mass is 226 g/mol. The van der Waals surface area contributed by atoms with Crippen molar-refractivity contribution in [3.8, 4) is 5.75 Å². The number of hydrogen-bond acceptors (Lipinski definition) is 5. The predicted octanol–water partition coefficient (Wildman–Crippen LogP) is -0.243. The second-order valence-corrected chi connectivity index (χ2v) is 3.12. The highest BCUT2D eigenvalue weighted by atomic mass is 16.4. The molecule has 0 heterocycles. The van der Waals surface area contributed by atoms with Gasteiger partial charge in [0.15, 0.2) is 0 Å². The van der Waals surface area contributed by atoms with Crippen LogP contribution in [0.2, 0.25) is 0 Å². The molecule has 0 saturated carbocycles. The van der Waals surface area contributed by atoms with Gasteiger partial charge in [-0.2, -0.15) is 0 Å². The second kappa shape index (κ2) is 4.07. The summed E-state index contributed by atoms with van der Waals surface area (Å²) in [5.74, 6) is -3.18. The van der Waals surface area contributed by atoms with Gasteiger partial charge in [0.1, 0.15) is 11.8 Å². The lowest BCUT2D eigenvalue weighted by atomic mass is 10.0. The van der Waals surface area contributed by atoms with Crippen LogP contribution >= 0.6 is 0 Å². The summed E-state index contributed by atoms with van der Waals surface area (Å²) in [6.45, 7) is 0. The van der Waals surface area contributed by atoms with Crippen LogP contribution in [-0.4, -0.2) is 27.3 Å². The van der Waals surface area contributed by atoms with Crippen molar-refractivity contribution >= 4 is 17.6 Å². The Morgan fingerprint density at radius 1 is 1.25 bits per heavy atom. The zero-order valence-corrected chi connectivity index (χ0v) is 8.04. The molecule has 0 amide bonds. The summed E-state index contributed by atoms with van der Waals surface area (Å²) in [6, 6.07) is 0.457. The molecule has 0 aromatic heterocycles. The van der Waals surface area contributed by atoms with Crippen LogP contribution < -0.4 is 11.5 Å². The van der Waals surface area contributed by atoms with E-state index in [1.165, 1.54) is 0 Å². The maximum Gasteiger partial charge on any atom is 0.337 e. The molecule has 86 valence electrons. The van der Waals surface area contributed by atoms with Gasteiger partial charge in [-0.3, -0.25) is 4.79 Å². The summed E-state index contributed by atoms with van der Waals surface area (Å²) in [5, 5.41) is 26.7. The van der Waals surface area contributed by atoms with E-state index in [-0.39, 0.29) is 16.8 Å². The molecule has 0 aliphatic heterocycles.